The molecule has 0 aliphatic carbocycles. The Balaban J connectivity index is 2.89. The van der Waals surface area contributed by atoms with Gasteiger partial charge in [0.1, 0.15) is 0 Å². The van der Waals surface area contributed by atoms with E-state index in [9.17, 15) is 0 Å². The van der Waals surface area contributed by atoms with Gasteiger partial charge in [0, 0.05) is 0 Å². The summed E-state index contributed by atoms with van der Waals surface area (Å²) in [4.78, 5) is 0. The summed E-state index contributed by atoms with van der Waals surface area (Å²) in [5.74, 6) is 2.24. The average Bonchev–Trinajstić information content (AvgIpc) is 2.35. The molecule has 0 aromatic heterocycles. The fraction of sp³-hybridized carbons (Fsp3) is 0.600. The van der Waals surface area contributed by atoms with Gasteiger partial charge < -0.3 is 0 Å². The first-order chi connectivity index (χ1) is 8.83. The van der Waals surface area contributed by atoms with Crippen molar-refractivity contribution in [1.29, 1.82) is 0 Å². The predicted octanol–water partition coefficient (Wildman–Crippen LogP) is 3.87. The van der Waals surface area contributed by atoms with Gasteiger partial charge in [-0.3, -0.25) is 0 Å². The van der Waals surface area contributed by atoms with Crippen LogP contribution in [-0.4, -0.2) is 36.5 Å². The average molecular weight is 345 g/mol. The van der Waals surface area contributed by atoms with Crippen molar-refractivity contribution in [2.24, 2.45) is 0 Å². The van der Waals surface area contributed by atoms with Crippen LogP contribution in [0.15, 0.2) is 30.3 Å². The summed E-state index contributed by atoms with van der Waals surface area (Å²) >= 11 is 0.361. The second-order valence-electron chi connectivity index (χ2n) is 5.77. The van der Waals surface area contributed by atoms with Gasteiger partial charge in [0.05, 0.1) is 0 Å². The molecule has 0 bridgehead atoms. The minimum absolute atomic E-state index is 0.173. The molecule has 0 fully saturated rings. The summed E-state index contributed by atoms with van der Waals surface area (Å²) in [6.45, 7) is 8.87. The third-order valence-electron chi connectivity index (χ3n) is 2.98. The summed E-state index contributed by atoms with van der Waals surface area (Å²) in [6.07, 6.45) is 1.16. The van der Waals surface area contributed by atoms with Crippen LogP contribution in [0.25, 0.3) is 0 Å². The van der Waals surface area contributed by atoms with Crippen molar-refractivity contribution in [3.63, 3.8) is 0 Å². The molecule has 0 spiro atoms. The maximum absolute atomic E-state index is 6.19. The Morgan fingerprint density at radius 1 is 1.21 bits per heavy atom. The quantitative estimate of drug-likeness (QED) is 0.699. The fourth-order valence-corrected chi connectivity index (χ4v) is 5.58. The van der Waals surface area contributed by atoms with E-state index in [0.717, 1.165) is 6.42 Å². The molecular formula is C15H26O2SeSi. The Labute approximate surface area is 125 Å². The van der Waals surface area contributed by atoms with Crippen molar-refractivity contribution in [3.05, 3.63) is 35.9 Å². The van der Waals surface area contributed by atoms with Crippen molar-refractivity contribution in [3.8, 4) is 0 Å². The maximum atomic E-state index is 6.19. The molecule has 108 valence electrons. The zero-order valence-corrected chi connectivity index (χ0v) is 15.6. The van der Waals surface area contributed by atoms with Gasteiger partial charge in [-0.25, -0.2) is 0 Å². The Kier molecular flexibility index (Phi) is 6.28. The molecule has 0 saturated carbocycles. The van der Waals surface area contributed by atoms with Crippen LogP contribution in [0.3, 0.4) is 0 Å². The van der Waals surface area contributed by atoms with Crippen molar-refractivity contribution < 1.29 is 9.16 Å². The van der Waals surface area contributed by atoms with E-state index in [4.69, 9.17) is 9.16 Å². The van der Waals surface area contributed by atoms with Gasteiger partial charge in [-0.15, -0.1) is 0 Å². The van der Waals surface area contributed by atoms with Crippen LogP contribution in [0.2, 0.25) is 25.5 Å². The molecule has 0 aliphatic rings. The van der Waals surface area contributed by atoms with Gasteiger partial charge in [-0.05, 0) is 0 Å². The van der Waals surface area contributed by atoms with Gasteiger partial charge in [0.25, 0.3) is 0 Å². The standard InChI is InChI=1S/C15H26O2SeSi/c1-13(17-19(4,5)6)12-15(16-2,18-3)14-10-8-7-9-11-14/h7-11,13H,12H2,1-6H3/t13-,15+/m0/s1. The minimum atomic E-state index is -1.50. The van der Waals surface area contributed by atoms with Gasteiger partial charge in [-0.2, -0.15) is 0 Å². The Morgan fingerprint density at radius 3 is 2.21 bits per heavy atom. The SMILES string of the molecule is CO[C@](C[C@H](C)O[Si](C)(C)C)([Se]C)c1ccccc1. The summed E-state index contributed by atoms with van der Waals surface area (Å²) in [5, 5.41) is 0. The summed E-state index contributed by atoms with van der Waals surface area (Å²) in [7, 11) is 0.324. The van der Waals surface area contributed by atoms with Crippen molar-refractivity contribution in [2.75, 3.05) is 7.11 Å². The Morgan fingerprint density at radius 2 is 1.79 bits per heavy atom. The van der Waals surface area contributed by atoms with E-state index in [1.165, 1.54) is 5.56 Å². The van der Waals surface area contributed by atoms with Crippen LogP contribution < -0.4 is 0 Å². The van der Waals surface area contributed by atoms with Crippen molar-refractivity contribution in [1.82, 2.24) is 0 Å². The topological polar surface area (TPSA) is 18.5 Å². The van der Waals surface area contributed by atoms with Crippen LogP contribution in [0, 0.1) is 0 Å². The van der Waals surface area contributed by atoms with Crippen molar-refractivity contribution >= 4 is 23.3 Å². The summed E-state index contributed by atoms with van der Waals surface area (Å²) < 4.78 is 11.9. The number of rotatable bonds is 7. The van der Waals surface area contributed by atoms with E-state index in [-0.39, 0.29) is 10.6 Å². The molecule has 19 heavy (non-hydrogen) atoms. The monoisotopic (exact) mass is 346 g/mol. The first kappa shape index (κ1) is 16.9. The van der Waals surface area contributed by atoms with E-state index in [0.29, 0.717) is 15.0 Å². The second kappa shape index (κ2) is 7.05. The van der Waals surface area contributed by atoms with Crippen LogP contribution in [0.5, 0.6) is 0 Å². The molecule has 0 radical (unpaired) electrons. The molecule has 1 rings (SSSR count). The van der Waals surface area contributed by atoms with E-state index in [2.05, 4.69) is 62.7 Å². The number of methoxy groups -OCH3 is 1. The first-order valence-electron chi connectivity index (χ1n) is 6.66. The molecule has 2 atom stereocenters. The molecule has 1 aromatic carbocycles. The number of hydrogen-bond donors (Lipinski definition) is 0. The molecule has 0 unspecified atom stereocenters. The second-order valence-corrected chi connectivity index (χ2v) is 12.5. The van der Waals surface area contributed by atoms with Crippen LogP contribution in [0.4, 0.5) is 0 Å². The third-order valence-corrected chi connectivity index (χ3v) is 6.67. The molecule has 4 heteroatoms. The van der Waals surface area contributed by atoms with E-state index in [1.54, 1.807) is 0 Å². The summed E-state index contributed by atoms with van der Waals surface area (Å²) in [5.41, 5.74) is 1.27. The molecule has 0 heterocycles. The zero-order valence-electron chi connectivity index (χ0n) is 12.9. The predicted molar refractivity (Wildman–Crippen MR) is 85.3 cm³/mol. The third kappa shape index (κ3) is 5.05. The van der Waals surface area contributed by atoms with E-state index in [1.807, 2.05) is 7.11 Å². The number of ether oxygens (including phenoxy) is 1. The summed E-state index contributed by atoms with van der Waals surface area (Å²) in [6, 6.07) is 10.5. The van der Waals surface area contributed by atoms with Crippen LogP contribution in [0.1, 0.15) is 18.9 Å². The molecule has 0 aliphatic heterocycles. The van der Waals surface area contributed by atoms with Crippen LogP contribution in [-0.2, 0) is 13.7 Å². The fourth-order valence-electron chi connectivity index (χ4n) is 2.32. The van der Waals surface area contributed by atoms with E-state index >= 15 is 0 Å². The molecule has 0 N–H and O–H groups in total. The van der Waals surface area contributed by atoms with Gasteiger partial charge in [0.2, 0.25) is 0 Å². The normalized spacial score (nSPS) is 16.9. The van der Waals surface area contributed by atoms with Crippen LogP contribution >= 0.6 is 0 Å². The number of hydrogen-bond acceptors (Lipinski definition) is 2. The Bertz CT molecular complexity index is 371. The van der Waals surface area contributed by atoms with E-state index < -0.39 is 8.32 Å². The number of benzene rings is 1. The molecule has 1 aromatic rings. The first-order valence-corrected chi connectivity index (χ1v) is 12.6. The van der Waals surface area contributed by atoms with Gasteiger partial charge >= 0.3 is 125 Å². The molecule has 2 nitrogen and oxygen atoms in total. The molecule has 0 amide bonds. The Hall–Kier alpha value is -0.124. The van der Waals surface area contributed by atoms with Gasteiger partial charge in [0.15, 0.2) is 0 Å². The molecular weight excluding hydrogens is 319 g/mol. The van der Waals surface area contributed by atoms with Crippen molar-refractivity contribution in [2.45, 2.75) is 49.4 Å². The zero-order chi connectivity index (χ0) is 14.5. The van der Waals surface area contributed by atoms with Gasteiger partial charge in [-0.1, -0.05) is 0 Å². The molecule has 0 saturated heterocycles.